The van der Waals surface area contributed by atoms with Gasteiger partial charge in [-0.3, -0.25) is 14.3 Å². The monoisotopic (exact) mass is 453 g/mol. The number of amides is 2. The molecular weight excluding hydrogens is 430 g/mol. The maximum Gasteiger partial charge on any atom is 0.261 e. The summed E-state index contributed by atoms with van der Waals surface area (Å²) in [5, 5.41) is 5.31. The van der Waals surface area contributed by atoms with E-state index in [1.54, 1.807) is 55.6 Å². The second-order valence-electron chi connectivity index (χ2n) is 6.82. The van der Waals surface area contributed by atoms with Crippen LogP contribution in [0.5, 0.6) is 5.75 Å². The van der Waals surface area contributed by atoms with E-state index in [0.29, 0.717) is 22.6 Å². The SMILES string of the molecule is CNC(=O)c1cccc(CNC(=O)c2ccc(S(=O)(=O)Nc3ccc(OC)cc3)cc2)c1. The Balaban J connectivity index is 1.64. The van der Waals surface area contributed by atoms with Gasteiger partial charge < -0.3 is 15.4 Å². The molecule has 8 nitrogen and oxygen atoms in total. The van der Waals surface area contributed by atoms with E-state index >= 15 is 0 Å². The number of rotatable bonds is 8. The first kappa shape index (κ1) is 22.8. The van der Waals surface area contributed by atoms with Gasteiger partial charge >= 0.3 is 0 Å². The quantitative estimate of drug-likeness (QED) is 0.485. The molecule has 32 heavy (non-hydrogen) atoms. The van der Waals surface area contributed by atoms with E-state index in [4.69, 9.17) is 4.74 Å². The summed E-state index contributed by atoms with van der Waals surface area (Å²) in [4.78, 5) is 24.2. The Labute approximate surface area is 186 Å². The molecule has 0 spiro atoms. The third-order valence-electron chi connectivity index (χ3n) is 4.64. The Kier molecular flexibility index (Phi) is 7.11. The average Bonchev–Trinajstić information content (AvgIpc) is 2.82. The standard InChI is InChI=1S/C23H23N3O5S/c1-24-22(27)18-5-3-4-16(14-18)15-25-23(28)17-6-12-21(13-7-17)32(29,30)26-19-8-10-20(31-2)11-9-19/h3-14,26H,15H2,1-2H3,(H,24,27)(H,25,28). The van der Waals surface area contributed by atoms with Crippen molar-refractivity contribution in [3.05, 3.63) is 89.5 Å². The molecule has 0 aliphatic heterocycles. The van der Waals surface area contributed by atoms with E-state index in [1.165, 1.54) is 31.4 Å². The highest BCUT2D eigenvalue weighted by molar-refractivity contribution is 7.92. The number of anilines is 1. The maximum absolute atomic E-state index is 12.6. The summed E-state index contributed by atoms with van der Waals surface area (Å²) < 4.78 is 32.7. The number of ether oxygens (including phenoxy) is 1. The van der Waals surface area contributed by atoms with E-state index in [0.717, 1.165) is 5.56 Å². The smallest absolute Gasteiger partial charge is 0.261 e. The molecule has 3 rings (SSSR count). The molecule has 0 aliphatic rings. The molecule has 2 amide bonds. The topological polar surface area (TPSA) is 114 Å². The van der Waals surface area contributed by atoms with Crippen LogP contribution < -0.4 is 20.1 Å². The summed E-state index contributed by atoms with van der Waals surface area (Å²) >= 11 is 0. The van der Waals surface area contributed by atoms with Crippen LogP contribution in [0.1, 0.15) is 26.3 Å². The Morgan fingerprint density at radius 1 is 0.875 bits per heavy atom. The van der Waals surface area contributed by atoms with Crippen LogP contribution in [0.25, 0.3) is 0 Å². The zero-order valence-electron chi connectivity index (χ0n) is 17.6. The Hall–Kier alpha value is -3.85. The van der Waals surface area contributed by atoms with Crippen LogP contribution in [0.4, 0.5) is 5.69 Å². The van der Waals surface area contributed by atoms with Gasteiger partial charge in [0.15, 0.2) is 0 Å². The van der Waals surface area contributed by atoms with Crippen molar-refractivity contribution in [3.8, 4) is 5.75 Å². The van der Waals surface area contributed by atoms with Gasteiger partial charge in [-0.25, -0.2) is 8.42 Å². The van der Waals surface area contributed by atoms with Crippen LogP contribution in [-0.4, -0.2) is 34.4 Å². The zero-order valence-corrected chi connectivity index (χ0v) is 18.4. The van der Waals surface area contributed by atoms with Crippen molar-refractivity contribution in [2.24, 2.45) is 0 Å². The van der Waals surface area contributed by atoms with Crippen molar-refractivity contribution < 1.29 is 22.7 Å². The van der Waals surface area contributed by atoms with Gasteiger partial charge in [-0.05, 0) is 66.2 Å². The highest BCUT2D eigenvalue weighted by atomic mass is 32.2. The molecule has 0 fully saturated rings. The molecule has 0 bridgehead atoms. The maximum atomic E-state index is 12.6. The van der Waals surface area contributed by atoms with Crippen molar-refractivity contribution >= 4 is 27.5 Å². The van der Waals surface area contributed by atoms with Crippen LogP contribution in [0.3, 0.4) is 0 Å². The highest BCUT2D eigenvalue weighted by Crippen LogP contribution is 2.19. The van der Waals surface area contributed by atoms with Crippen molar-refractivity contribution in [1.29, 1.82) is 0 Å². The highest BCUT2D eigenvalue weighted by Gasteiger charge is 2.15. The third-order valence-corrected chi connectivity index (χ3v) is 6.04. The van der Waals surface area contributed by atoms with Gasteiger partial charge in [0.1, 0.15) is 5.75 Å². The predicted molar refractivity (Wildman–Crippen MR) is 121 cm³/mol. The van der Waals surface area contributed by atoms with E-state index in [2.05, 4.69) is 15.4 Å². The number of carbonyl (C=O) groups is 2. The number of methoxy groups -OCH3 is 1. The van der Waals surface area contributed by atoms with Crippen LogP contribution in [-0.2, 0) is 16.6 Å². The molecule has 3 aromatic rings. The van der Waals surface area contributed by atoms with Crippen LogP contribution in [0.15, 0.2) is 77.7 Å². The van der Waals surface area contributed by atoms with Gasteiger partial charge in [-0.15, -0.1) is 0 Å². The lowest BCUT2D eigenvalue weighted by molar-refractivity contribution is 0.0948. The summed E-state index contributed by atoms with van der Waals surface area (Å²) in [5.41, 5.74) is 1.97. The first-order chi connectivity index (χ1) is 15.3. The number of hydrogen-bond donors (Lipinski definition) is 3. The molecule has 0 saturated heterocycles. The van der Waals surface area contributed by atoms with Crippen molar-refractivity contribution in [3.63, 3.8) is 0 Å². The molecular formula is C23H23N3O5S. The van der Waals surface area contributed by atoms with Crippen molar-refractivity contribution in [1.82, 2.24) is 10.6 Å². The van der Waals surface area contributed by atoms with E-state index < -0.39 is 10.0 Å². The molecule has 0 radical (unpaired) electrons. The second kappa shape index (κ2) is 9.97. The minimum Gasteiger partial charge on any atom is -0.497 e. The number of benzene rings is 3. The summed E-state index contributed by atoms with van der Waals surface area (Å²) in [5.74, 6) is 0.0456. The van der Waals surface area contributed by atoms with Gasteiger partial charge in [0.05, 0.1) is 12.0 Å². The lowest BCUT2D eigenvalue weighted by Crippen LogP contribution is -2.23. The second-order valence-corrected chi connectivity index (χ2v) is 8.50. The van der Waals surface area contributed by atoms with Crippen molar-refractivity contribution in [2.75, 3.05) is 18.9 Å². The minimum atomic E-state index is -3.81. The first-order valence-electron chi connectivity index (χ1n) is 9.68. The molecule has 0 saturated carbocycles. The molecule has 0 aliphatic carbocycles. The Morgan fingerprint density at radius 3 is 2.19 bits per heavy atom. The fourth-order valence-electron chi connectivity index (χ4n) is 2.91. The van der Waals surface area contributed by atoms with E-state index in [1.807, 2.05) is 0 Å². The zero-order chi connectivity index (χ0) is 23.1. The molecule has 0 atom stereocenters. The third kappa shape index (κ3) is 5.64. The van der Waals surface area contributed by atoms with Gasteiger partial charge in [0.25, 0.3) is 21.8 Å². The predicted octanol–water partition coefficient (Wildman–Crippen LogP) is 2.79. The normalized spacial score (nSPS) is 10.8. The van der Waals surface area contributed by atoms with Crippen LogP contribution in [0.2, 0.25) is 0 Å². The van der Waals surface area contributed by atoms with Gasteiger partial charge in [0.2, 0.25) is 0 Å². The van der Waals surface area contributed by atoms with E-state index in [9.17, 15) is 18.0 Å². The fourth-order valence-corrected chi connectivity index (χ4v) is 3.97. The Bertz CT molecular complexity index is 1210. The lowest BCUT2D eigenvalue weighted by atomic mass is 10.1. The largest absolute Gasteiger partial charge is 0.497 e. The number of nitrogens with one attached hydrogen (secondary N) is 3. The summed E-state index contributed by atoms with van der Waals surface area (Å²) in [7, 11) is -0.731. The number of sulfonamides is 1. The average molecular weight is 454 g/mol. The summed E-state index contributed by atoms with van der Waals surface area (Å²) in [6.45, 7) is 0.225. The number of carbonyl (C=O) groups excluding carboxylic acids is 2. The van der Waals surface area contributed by atoms with Crippen LogP contribution >= 0.6 is 0 Å². The lowest BCUT2D eigenvalue weighted by Gasteiger charge is -2.10. The summed E-state index contributed by atoms with van der Waals surface area (Å²) in [6, 6.07) is 19.0. The molecule has 9 heteroatoms. The van der Waals surface area contributed by atoms with Crippen molar-refractivity contribution in [2.45, 2.75) is 11.4 Å². The minimum absolute atomic E-state index is 0.0307. The molecule has 0 heterocycles. The molecule has 0 unspecified atom stereocenters. The fraction of sp³-hybridized carbons (Fsp3) is 0.130. The summed E-state index contributed by atoms with van der Waals surface area (Å²) in [6.07, 6.45) is 0. The molecule has 166 valence electrons. The van der Waals surface area contributed by atoms with Gasteiger partial charge in [-0.2, -0.15) is 0 Å². The van der Waals surface area contributed by atoms with Crippen LogP contribution in [0, 0.1) is 0 Å². The van der Waals surface area contributed by atoms with Gasteiger partial charge in [-0.1, -0.05) is 12.1 Å². The van der Waals surface area contributed by atoms with Gasteiger partial charge in [0, 0.05) is 30.4 Å². The molecule has 3 aromatic carbocycles. The Morgan fingerprint density at radius 2 is 1.56 bits per heavy atom. The molecule has 3 N–H and O–H groups in total. The van der Waals surface area contributed by atoms with E-state index in [-0.39, 0.29) is 23.3 Å². The number of hydrogen-bond acceptors (Lipinski definition) is 5. The molecule has 0 aromatic heterocycles. The first-order valence-corrected chi connectivity index (χ1v) is 11.2.